The summed E-state index contributed by atoms with van der Waals surface area (Å²) < 4.78 is 10.4. The lowest BCUT2D eigenvalue weighted by Gasteiger charge is -2.58. The van der Waals surface area contributed by atoms with Crippen LogP contribution >= 0.6 is 0 Å². The van der Waals surface area contributed by atoms with E-state index >= 15 is 0 Å². The monoisotopic (exact) mass is 438 g/mol. The van der Waals surface area contributed by atoms with Gasteiger partial charge in [-0.3, -0.25) is 19.4 Å². The first-order valence-corrected chi connectivity index (χ1v) is 10.8. The Labute approximate surface area is 188 Å². The third-order valence-electron chi connectivity index (χ3n) is 6.75. The fraction of sp³-hybridized carbons (Fsp3) is 0.440. The normalized spacial score (nSPS) is 28.2. The summed E-state index contributed by atoms with van der Waals surface area (Å²) in [6.07, 6.45) is -1.20. The molecule has 0 amide bonds. The Hall–Kier alpha value is -2.74. The number of aliphatic hydroxyl groups is 1. The van der Waals surface area contributed by atoms with Crippen molar-refractivity contribution in [3.63, 3.8) is 0 Å². The van der Waals surface area contributed by atoms with Gasteiger partial charge in [-0.15, -0.1) is 0 Å². The summed E-state index contributed by atoms with van der Waals surface area (Å²) >= 11 is 0. The number of nitrogens with zero attached hydrogens (tertiary/aromatic N) is 2. The van der Waals surface area contributed by atoms with Gasteiger partial charge in [0.15, 0.2) is 0 Å². The number of rotatable bonds is 6. The lowest BCUT2D eigenvalue weighted by Crippen LogP contribution is -2.76. The van der Waals surface area contributed by atoms with E-state index in [-0.39, 0.29) is 0 Å². The maximum absolute atomic E-state index is 13.2. The average Bonchev–Trinajstić information content (AvgIpc) is 2.80. The molecule has 2 saturated heterocycles. The van der Waals surface area contributed by atoms with Crippen LogP contribution in [0.5, 0.6) is 0 Å². The fourth-order valence-electron chi connectivity index (χ4n) is 5.48. The molecule has 0 atom stereocenters. The lowest BCUT2D eigenvalue weighted by molar-refractivity contribution is -0.220. The molecule has 0 radical (unpaired) electrons. The standard InChI is InChI=1S/C25H30N2O5/c1-31-22(29)24-15-26(13-19-9-5-3-6-10-19)17-25(21(24)28,23(30)32-2)18-27(16-24)14-20-11-7-4-8-12-20/h3-12,21,28H,13-18H2,1-2H3. The molecule has 0 saturated carbocycles. The molecule has 2 aliphatic heterocycles. The minimum atomic E-state index is -1.26. The van der Waals surface area contributed by atoms with Gasteiger partial charge in [-0.25, -0.2) is 0 Å². The van der Waals surface area contributed by atoms with Crippen molar-refractivity contribution in [1.82, 2.24) is 9.80 Å². The zero-order valence-electron chi connectivity index (χ0n) is 18.6. The van der Waals surface area contributed by atoms with Crippen LogP contribution in [-0.4, -0.2) is 73.3 Å². The number of hydrogen-bond donors (Lipinski definition) is 1. The Bertz CT molecular complexity index is 860. The maximum atomic E-state index is 13.2. The number of fused-ring (bicyclic) bond motifs is 2. The molecule has 0 aromatic heterocycles. The molecule has 2 aromatic rings. The summed E-state index contributed by atoms with van der Waals surface area (Å²) in [5, 5.41) is 11.5. The van der Waals surface area contributed by atoms with E-state index in [1.807, 2.05) is 60.7 Å². The number of likely N-dealkylation sites (tertiary alicyclic amines) is 2. The summed E-state index contributed by atoms with van der Waals surface area (Å²) in [6, 6.07) is 19.8. The van der Waals surface area contributed by atoms with Crippen molar-refractivity contribution in [2.24, 2.45) is 10.8 Å². The number of ether oxygens (including phenoxy) is 2. The molecule has 2 heterocycles. The summed E-state index contributed by atoms with van der Waals surface area (Å²) in [6.45, 7) is 2.28. The zero-order valence-corrected chi connectivity index (χ0v) is 18.6. The summed E-state index contributed by atoms with van der Waals surface area (Å²) in [4.78, 5) is 30.5. The smallest absolute Gasteiger partial charge is 0.317 e. The third-order valence-corrected chi connectivity index (χ3v) is 6.75. The molecule has 0 aliphatic carbocycles. The van der Waals surface area contributed by atoms with Crippen molar-refractivity contribution >= 4 is 11.9 Å². The molecular weight excluding hydrogens is 408 g/mol. The minimum absolute atomic E-state index is 0.291. The molecule has 2 aromatic carbocycles. The first kappa shape index (κ1) is 22.5. The maximum Gasteiger partial charge on any atom is 0.317 e. The molecule has 2 aliphatic rings. The SMILES string of the molecule is COC(=O)C12CN(Cc3ccccc3)CC(C(=O)OC)(CN(Cc3ccccc3)C1)C2O. The van der Waals surface area contributed by atoms with Gasteiger partial charge >= 0.3 is 11.9 Å². The number of carbonyl (C=O) groups excluding carboxylic acids is 2. The topological polar surface area (TPSA) is 79.3 Å². The second-order valence-electron chi connectivity index (χ2n) is 8.96. The molecule has 7 nitrogen and oxygen atoms in total. The van der Waals surface area contributed by atoms with E-state index in [4.69, 9.17) is 9.47 Å². The first-order chi connectivity index (χ1) is 15.4. The first-order valence-electron chi connectivity index (χ1n) is 10.8. The van der Waals surface area contributed by atoms with E-state index in [1.165, 1.54) is 14.2 Å². The summed E-state index contributed by atoms with van der Waals surface area (Å²) in [5.41, 5.74) is -0.377. The van der Waals surface area contributed by atoms with Crippen LogP contribution in [0.2, 0.25) is 0 Å². The largest absolute Gasteiger partial charge is 0.468 e. The highest BCUT2D eigenvalue weighted by atomic mass is 16.5. The quantitative estimate of drug-likeness (QED) is 0.688. The molecule has 32 heavy (non-hydrogen) atoms. The van der Waals surface area contributed by atoms with Crippen LogP contribution in [0, 0.1) is 10.8 Å². The van der Waals surface area contributed by atoms with Gasteiger partial charge in [-0.2, -0.15) is 0 Å². The van der Waals surface area contributed by atoms with Crippen molar-refractivity contribution in [1.29, 1.82) is 0 Å². The number of esters is 2. The molecule has 0 unspecified atom stereocenters. The van der Waals surface area contributed by atoms with Crippen LogP contribution in [0.15, 0.2) is 60.7 Å². The predicted molar refractivity (Wildman–Crippen MR) is 118 cm³/mol. The molecular formula is C25H30N2O5. The Morgan fingerprint density at radius 3 is 1.44 bits per heavy atom. The van der Waals surface area contributed by atoms with Crippen molar-refractivity contribution in [3.8, 4) is 0 Å². The molecule has 1 N–H and O–H groups in total. The van der Waals surface area contributed by atoms with Crippen molar-refractivity contribution in [2.45, 2.75) is 19.2 Å². The number of aliphatic hydroxyl groups excluding tert-OH is 1. The number of methoxy groups -OCH3 is 2. The van der Waals surface area contributed by atoms with Gasteiger partial charge < -0.3 is 14.6 Å². The zero-order chi connectivity index (χ0) is 22.8. The van der Waals surface area contributed by atoms with Gasteiger partial charge in [0.2, 0.25) is 0 Å². The van der Waals surface area contributed by atoms with E-state index in [2.05, 4.69) is 9.80 Å². The summed E-state index contributed by atoms with van der Waals surface area (Å²) in [5.74, 6) is -1.01. The fourth-order valence-corrected chi connectivity index (χ4v) is 5.48. The highest BCUT2D eigenvalue weighted by Crippen LogP contribution is 2.48. The molecule has 4 rings (SSSR count). The van der Waals surface area contributed by atoms with E-state index in [0.717, 1.165) is 11.1 Å². The number of carbonyl (C=O) groups is 2. The van der Waals surface area contributed by atoms with Crippen LogP contribution in [0.25, 0.3) is 0 Å². The van der Waals surface area contributed by atoms with Crippen LogP contribution in [0.1, 0.15) is 11.1 Å². The Morgan fingerprint density at radius 1 is 0.781 bits per heavy atom. The lowest BCUT2D eigenvalue weighted by atomic mass is 9.60. The third kappa shape index (κ3) is 3.92. The van der Waals surface area contributed by atoms with Gasteiger partial charge in [0.05, 0.1) is 20.3 Å². The van der Waals surface area contributed by atoms with Crippen LogP contribution in [-0.2, 0) is 32.2 Å². The number of benzene rings is 2. The van der Waals surface area contributed by atoms with Gasteiger partial charge in [0.25, 0.3) is 0 Å². The van der Waals surface area contributed by atoms with Crippen molar-refractivity contribution < 1.29 is 24.2 Å². The van der Waals surface area contributed by atoms with Crippen molar-refractivity contribution in [3.05, 3.63) is 71.8 Å². The second-order valence-corrected chi connectivity index (χ2v) is 8.96. The van der Waals surface area contributed by atoms with Crippen molar-refractivity contribution in [2.75, 3.05) is 40.4 Å². The molecule has 7 heteroatoms. The highest BCUT2D eigenvalue weighted by Gasteiger charge is 2.67. The van der Waals surface area contributed by atoms with Gasteiger partial charge in [0.1, 0.15) is 10.8 Å². The molecule has 0 spiro atoms. The van der Waals surface area contributed by atoms with Crippen LogP contribution < -0.4 is 0 Å². The van der Waals surface area contributed by atoms with Gasteiger partial charge in [0, 0.05) is 39.3 Å². The predicted octanol–water partition coefficient (Wildman–Crippen LogP) is 1.70. The molecule has 170 valence electrons. The molecule has 2 bridgehead atoms. The molecule has 2 fully saturated rings. The Kier molecular flexibility index (Phi) is 6.33. The van der Waals surface area contributed by atoms with E-state index in [9.17, 15) is 14.7 Å². The Balaban J connectivity index is 1.73. The van der Waals surface area contributed by atoms with Crippen LogP contribution in [0.3, 0.4) is 0 Å². The number of piperidine rings is 2. The Morgan fingerprint density at radius 2 is 1.12 bits per heavy atom. The van der Waals surface area contributed by atoms with Crippen LogP contribution in [0.4, 0.5) is 0 Å². The number of hydrogen-bond acceptors (Lipinski definition) is 7. The van der Waals surface area contributed by atoms with Gasteiger partial charge in [-0.1, -0.05) is 60.7 Å². The minimum Gasteiger partial charge on any atom is -0.468 e. The second kappa shape index (κ2) is 9.02. The summed E-state index contributed by atoms with van der Waals surface area (Å²) in [7, 11) is 2.66. The van der Waals surface area contributed by atoms with Gasteiger partial charge in [-0.05, 0) is 11.1 Å². The van der Waals surface area contributed by atoms with E-state index < -0.39 is 28.9 Å². The highest BCUT2D eigenvalue weighted by molar-refractivity contribution is 5.84. The van der Waals surface area contributed by atoms with E-state index in [1.54, 1.807) is 0 Å². The van der Waals surface area contributed by atoms with E-state index in [0.29, 0.717) is 39.3 Å². The average molecular weight is 439 g/mol.